The van der Waals surface area contributed by atoms with Gasteiger partial charge in [0.15, 0.2) is 0 Å². The first-order valence-electron chi connectivity index (χ1n) is 10.1. The molecule has 0 aromatic carbocycles. The second kappa shape index (κ2) is 10.4. The van der Waals surface area contributed by atoms with Crippen molar-refractivity contribution >= 4 is 42.1 Å². The first-order valence-corrected chi connectivity index (χ1v) is 11.0. The number of likely N-dealkylation sites (N-methyl/N-ethyl adjacent to an activating group) is 1. The molecule has 1 N–H and O–H groups in total. The quantitative estimate of drug-likeness (QED) is 0.727. The number of carbonyl (C=O) groups is 1. The SMILES string of the molecule is Cc1ccnc(CC(C)N(C)C(=O)c2cc3c(s2)CCOC32CCNCC2)c1.Cl.Cl. The van der Waals surface area contributed by atoms with Crippen molar-refractivity contribution in [1.29, 1.82) is 0 Å². The molecule has 166 valence electrons. The lowest BCUT2D eigenvalue weighted by Crippen LogP contribution is -2.44. The van der Waals surface area contributed by atoms with Crippen molar-refractivity contribution in [2.45, 2.75) is 51.2 Å². The van der Waals surface area contributed by atoms with Crippen molar-refractivity contribution in [1.82, 2.24) is 15.2 Å². The van der Waals surface area contributed by atoms with Crippen LogP contribution in [0.1, 0.15) is 51.1 Å². The smallest absolute Gasteiger partial charge is 0.263 e. The Morgan fingerprint density at radius 2 is 2.07 bits per heavy atom. The highest BCUT2D eigenvalue weighted by atomic mass is 35.5. The Bertz CT molecular complexity index is 868. The van der Waals surface area contributed by atoms with Crippen LogP contribution in [-0.4, -0.2) is 48.6 Å². The predicted molar refractivity (Wildman–Crippen MR) is 126 cm³/mol. The molecule has 2 aromatic heterocycles. The maximum Gasteiger partial charge on any atom is 0.263 e. The number of aromatic nitrogens is 1. The fourth-order valence-electron chi connectivity index (χ4n) is 4.29. The van der Waals surface area contributed by atoms with Crippen molar-refractivity contribution in [2.75, 3.05) is 26.7 Å². The third-order valence-electron chi connectivity index (χ3n) is 6.09. The number of aryl methyl sites for hydroxylation is 1. The van der Waals surface area contributed by atoms with Gasteiger partial charge < -0.3 is 15.0 Å². The zero-order valence-corrected chi connectivity index (χ0v) is 20.2. The van der Waals surface area contributed by atoms with Gasteiger partial charge in [0.1, 0.15) is 0 Å². The van der Waals surface area contributed by atoms with E-state index < -0.39 is 0 Å². The monoisotopic (exact) mass is 471 g/mol. The Balaban J connectivity index is 0.00000160. The van der Waals surface area contributed by atoms with Crippen molar-refractivity contribution in [3.63, 3.8) is 0 Å². The summed E-state index contributed by atoms with van der Waals surface area (Å²) in [5.41, 5.74) is 3.29. The van der Waals surface area contributed by atoms with Gasteiger partial charge in [-0.05, 0) is 69.1 Å². The van der Waals surface area contributed by atoms with E-state index in [0.717, 1.165) is 56.0 Å². The van der Waals surface area contributed by atoms with Crippen LogP contribution in [0.2, 0.25) is 0 Å². The van der Waals surface area contributed by atoms with Gasteiger partial charge in [0, 0.05) is 42.7 Å². The first kappa shape index (κ1) is 25.1. The lowest BCUT2D eigenvalue weighted by atomic mass is 9.83. The lowest BCUT2D eigenvalue weighted by Gasteiger charge is -2.40. The highest BCUT2D eigenvalue weighted by molar-refractivity contribution is 7.14. The Hall–Kier alpha value is -1.18. The third kappa shape index (κ3) is 5.00. The Labute approximate surface area is 195 Å². The normalized spacial score (nSPS) is 18.0. The Morgan fingerprint density at radius 1 is 1.33 bits per heavy atom. The molecule has 0 radical (unpaired) electrons. The van der Waals surface area contributed by atoms with Gasteiger partial charge in [-0.25, -0.2) is 0 Å². The summed E-state index contributed by atoms with van der Waals surface area (Å²) in [5.74, 6) is 0.101. The molecular weight excluding hydrogens is 441 g/mol. The van der Waals surface area contributed by atoms with Gasteiger partial charge in [0.25, 0.3) is 5.91 Å². The molecule has 2 aliphatic heterocycles. The fraction of sp³-hybridized carbons (Fsp3) is 0.545. The average Bonchev–Trinajstić information content (AvgIpc) is 3.13. The number of hydrogen-bond donors (Lipinski definition) is 1. The second-order valence-electron chi connectivity index (χ2n) is 8.08. The van der Waals surface area contributed by atoms with Crippen LogP contribution in [0, 0.1) is 6.92 Å². The molecule has 1 saturated heterocycles. The molecule has 1 amide bonds. The molecule has 2 aromatic rings. The van der Waals surface area contributed by atoms with E-state index in [1.54, 1.807) is 11.3 Å². The van der Waals surface area contributed by atoms with Gasteiger partial charge in [-0.2, -0.15) is 0 Å². The van der Waals surface area contributed by atoms with Crippen molar-refractivity contribution in [3.8, 4) is 0 Å². The van der Waals surface area contributed by atoms with E-state index >= 15 is 0 Å². The van der Waals surface area contributed by atoms with Crippen LogP contribution in [-0.2, 0) is 23.2 Å². The fourth-order valence-corrected chi connectivity index (χ4v) is 5.50. The number of pyridine rings is 1. The minimum Gasteiger partial charge on any atom is -0.370 e. The molecule has 1 fully saturated rings. The van der Waals surface area contributed by atoms with E-state index in [2.05, 4.69) is 36.3 Å². The summed E-state index contributed by atoms with van der Waals surface area (Å²) in [7, 11) is 1.90. The standard InChI is InChI=1S/C22H29N3O2S.2ClH/c1-15-4-8-24-17(12-15)13-16(2)25(3)21(26)20-14-18-19(28-20)5-11-27-22(18)6-9-23-10-7-22;;/h4,8,12,14,16,23H,5-7,9-11,13H2,1-3H3;2*1H. The number of thiophene rings is 1. The second-order valence-corrected chi connectivity index (χ2v) is 9.22. The number of rotatable bonds is 4. The van der Waals surface area contributed by atoms with E-state index in [-0.39, 0.29) is 42.4 Å². The summed E-state index contributed by atoms with van der Waals surface area (Å²) in [4.78, 5) is 21.7. The van der Waals surface area contributed by atoms with Crippen LogP contribution >= 0.6 is 36.2 Å². The van der Waals surface area contributed by atoms with E-state index in [4.69, 9.17) is 4.74 Å². The molecule has 8 heteroatoms. The summed E-state index contributed by atoms with van der Waals surface area (Å²) < 4.78 is 6.26. The summed E-state index contributed by atoms with van der Waals surface area (Å²) in [6.07, 6.45) is 5.47. The number of ether oxygens (including phenoxy) is 1. The number of nitrogens with one attached hydrogen (secondary N) is 1. The van der Waals surface area contributed by atoms with Crippen LogP contribution in [0.25, 0.3) is 0 Å². The molecule has 30 heavy (non-hydrogen) atoms. The minimum atomic E-state index is -0.191. The zero-order valence-electron chi connectivity index (χ0n) is 17.8. The molecule has 0 aliphatic carbocycles. The van der Waals surface area contributed by atoms with Gasteiger partial charge in [-0.1, -0.05) is 0 Å². The first-order chi connectivity index (χ1) is 13.5. The molecule has 1 unspecified atom stereocenters. The number of carbonyl (C=O) groups excluding carboxylic acids is 1. The molecule has 4 rings (SSSR count). The molecule has 2 aliphatic rings. The number of hydrogen-bond acceptors (Lipinski definition) is 5. The lowest BCUT2D eigenvalue weighted by molar-refractivity contribution is -0.0792. The van der Waals surface area contributed by atoms with E-state index in [0.29, 0.717) is 0 Å². The van der Waals surface area contributed by atoms with Crippen LogP contribution < -0.4 is 5.32 Å². The number of fused-ring (bicyclic) bond motifs is 2. The zero-order chi connectivity index (χ0) is 19.7. The number of piperidine rings is 1. The van der Waals surface area contributed by atoms with Crippen LogP contribution in [0.15, 0.2) is 24.4 Å². The summed E-state index contributed by atoms with van der Waals surface area (Å²) >= 11 is 1.66. The topological polar surface area (TPSA) is 54.5 Å². The van der Waals surface area contributed by atoms with Gasteiger partial charge >= 0.3 is 0 Å². The third-order valence-corrected chi connectivity index (χ3v) is 7.27. The van der Waals surface area contributed by atoms with Crippen LogP contribution in [0.5, 0.6) is 0 Å². The van der Waals surface area contributed by atoms with Gasteiger partial charge in [0.2, 0.25) is 0 Å². The number of nitrogens with zero attached hydrogens (tertiary/aromatic N) is 2. The molecule has 0 bridgehead atoms. The summed E-state index contributed by atoms with van der Waals surface area (Å²) in [6, 6.07) is 6.29. The molecular formula is C22H31Cl2N3O2S. The molecule has 0 saturated carbocycles. The average molecular weight is 472 g/mol. The van der Waals surface area contributed by atoms with Gasteiger partial charge in [0.05, 0.1) is 17.1 Å². The maximum atomic E-state index is 13.2. The molecule has 5 nitrogen and oxygen atoms in total. The molecule has 1 atom stereocenters. The highest BCUT2D eigenvalue weighted by Crippen LogP contribution is 2.43. The number of amides is 1. The van der Waals surface area contributed by atoms with Crippen molar-refractivity contribution < 1.29 is 9.53 Å². The minimum absolute atomic E-state index is 0. The Morgan fingerprint density at radius 3 is 2.77 bits per heavy atom. The highest BCUT2D eigenvalue weighted by Gasteiger charge is 2.41. The van der Waals surface area contributed by atoms with Crippen LogP contribution in [0.3, 0.4) is 0 Å². The molecule has 4 heterocycles. The van der Waals surface area contributed by atoms with E-state index in [1.807, 2.05) is 24.2 Å². The van der Waals surface area contributed by atoms with Gasteiger partial charge in [-0.15, -0.1) is 36.2 Å². The van der Waals surface area contributed by atoms with Gasteiger partial charge in [-0.3, -0.25) is 9.78 Å². The Kier molecular flexibility index (Phi) is 8.71. The number of halogens is 2. The predicted octanol–water partition coefficient (Wildman–Crippen LogP) is 4.15. The maximum absolute atomic E-state index is 13.2. The van der Waals surface area contributed by atoms with Crippen molar-refractivity contribution in [2.24, 2.45) is 0 Å². The summed E-state index contributed by atoms with van der Waals surface area (Å²) in [6.45, 7) is 6.86. The van der Waals surface area contributed by atoms with Crippen molar-refractivity contribution in [3.05, 3.63) is 51.0 Å². The van der Waals surface area contributed by atoms with Crippen LogP contribution in [0.4, 0.5) is 0 Å². The van der Waals surface area contributed by atoms with E-state index in [1.165, 1.54) is 16.0 Å². The summed E-state index contributed by atoms with van der Waals surface area (Å²) in [5, 5.41) is 3.42. The largest absolute Gasteiger partial charge is 0.370 e. The van der Waals surface area contributed by atoms with E-state index in [9.17, 15) is 4.79 Å². The molecule has 1 spiro atoms.